The molecule has 0 unspecified atom stereocenters. The average Bonchev–Trinajstić information content (AvgIpc) is 3.22. The molecule has 0 radical (unpaired) electrons. The predicted octanol–water partition coefficient (Wildman–Crippen LogP) is 5.06. The Balaban J connectivity index is 1.78. The molecule has 0 heterocycles. The summed E-state index contributed by atoms with van der Waals surface area (Å²) in [6.45, 7) is 0. The summed E-state index contributed by atoms with van der Waals surface area (Å²) >= 11 is 0. The zero-order valence-corrected chi connectivity index (χ0v) is 15.8. The van der Waals surface area contributed by atoms with Crippen molar-refractivity contribution in [1.29, 1.82) is 0 Å². The minimum Gasteiger partial charge on any atom is -0.508 e. The van der Waals surface area contributed by atoms with E-state index >= 15 is 0 Å². The predicted molar refractivity (Wildman–Crippen MR) is 105 cm³/mol. The topological polar surface area (TPSA) is 54.4 Å². The van der Waals surface area contributed by atoms with Crippen LogP contribution < -0.4 is 0 Å². The first-order valence-electron chi connectivity index (χ1n) is 9.18. The Kier molecular flexibility index (Phi) is 4.19. The number of benzene rings is 2. The number of hydrogen-bond donors (Lipinski definition) is 1. The summed E-state index contributed by atoms with van der Waals surface area (Å²) < 4.78 is 23.5. The van der Waals surface area contributed by atoms with E-state index in [1.165, 1.54) is 43.1 Å². The van der Waals surface area contributed by atoms with Gasteiger partial charge in [0, 0.05) is 6.26 Å². The number of rotatable bonds is 3. The summed E-state index contributed by atoms with van der Waals surface area (Å²) in [5.74, 6) is 0.280. The third-order valence-corrected chi connectivity index (χ3v) is 7.11. The monoisotopic (exact) mass is 368 g/mol. The summed E-state index contributed by atoms with van der Waals surface area (Å²) in [6, 6.07) is 14.8. The Bertz CT molecular complexity index is 945. The van der Waals surface area contributed by atoms with Crippen LogP contribution in [0.4, 0.5) is 0 Å². The van der Waals surface area contributed by atoms with Gasteiger partial charge in [0.2, 0.25) is 0 Å². The Morgan fingerprint density at radius 2 is 1.27 bits per heavy atom. The second-order valence-electron chi connectivity index (χ2n) is 7.86. The van der Waals surface area contributed by atoms with E-state index < -0.39 is 9.84 Å². The smallest absolute Gasteiger partial charge is 0.175 e. The second kappa shape index (κ2) is 6.27. The lowest BCUT2D eigenvalue weighted by Crippen LogP contribution is -2.11. The van der Waals surface area contributed by atoms with Gasteiger partial charge in [-0.2, -0.15) is 0 Å². The normalized spacial score (nSPS) is 19.4. The quantitative estimate of drug-likeness (QED) is 0.824. The minimum atomic E-state index is -3.18. The number of phenols is 1. The molecule has 0 bridgehead atoms. The maximum Gasteiger partial charge on any atom is 0.175 e. The standard InChI is InChI=1S/C22H24O3S/c1-26(24,25)19-10-6-17(7-11-19)21-15-22(12-2-3-13-22)14-20(21)16-4-8-18(23)9-5-16/h4-11,23H,2-3,12-15H2,1H3. The molecular formula is C22H24O3S. The number of sulfone groups is 1. The van der Waals surface area contributed by atoms with Crippen molar-refractivity contribution in [2.24, 2.45) is 5.41 Å². The molecule has 0 aliphatic heterocycles. The van der Waals surface area contributed by atoms with E-state index in [4.69, 9.17) is 0 Å². The number of hydrogen-bond acceptors (Lipinski definition) is 3. The van der Waals surface area contributed by atoms with E-state index in [2.05, 4.69) is 0 Å². The first-order chi connectivity index (χ1) is 12.4. The van der Waals surface area contributed by atoms with E-state index in [1.807, 2.05) is 24.3 Å². The second-order valence-corrected chi connectivity index (χ2v) is 9.88. The van der Waals surface area contributed by atoms with Gasteiger partial charge in [-0.15, -0.1) is 0 Å². The van der Waals surface area contributed by atoms with Crippen LogP contribution in [-0.2, 0) is 9.84 Å². The summed E-state index contributed by atoms with van der Waals surface area (Å²) in [6.07, 6.45) is 8.49. The van der Waals surface area contributed by atoms with Crippen molar-refractivity contribution in [3.8, 4) is 5.75 Å². The first kappa shape index (κ1) is 17.3. The van der Waals surface area contributed by atoms with Crippen molar-refractivity contribution in [3.63, 3.8) is 0 Å². The van der Waals surface area contributed by atoms with Crippen LogP contribution in [0, 0.1) is 5.41 Å². The van der Waals surface area contributed by atoms with E-state index in [9.17, 15) is 13.5 Å². The summed E-state index contributed by atoms with van der Waals surface area (Å²) in [5.41, 5.74) is 5.31. The molecular weight excluding hydrogens is 344 g/mol. The van der Waals surface area contributed by atoms with Crippen LogP contribution >= 0.6 is 0 Å². The molecule has 4 heteroatoms. The molecule has 1 N–H and O–H groups in total. The fourth-order valence-electron chi connectivity index (χ4n) is 4.62. The highest BCUT2D eigenvalue weighted by molar-refractivity contribution is 7.90. The van der Waals surface area contributed by atoms with Crippen LogP contribution in [-0.4, -0.2) is 19.8 Å². The molecule has 0 aromatic heterocycles. The highest BCUT2D eigenvalue weighted by atomic mass is 32.2. The fraction of sp³-hybridized carbons (Fsp3) is 0.364. The van der Waals surface area contributed by atoms with Gasteiger partial charge in [0.05, 0.1) is 4.90 Å². The molecule has 1 saturated carbocycles. The van der Waals surface area contributed by atoms with Crippen LogP contribution in [0.15, 0.2) is 53.4 Å². The molecule has 2 aromatic carbocycles. The highest BCUT2D eigenvalue weighted by Gasteiger charge is 2.41. The Morgan fingerprint density at radius 1 is 0.808 bits per heavy atom. The zero-order valence-electron chi connectivity index (χ0n) is 15.0. The maximum atomic E-state index is 11.8. The van der Waals surface area contributed by atoms with Gasteiger partial charge in [-0.1, -0.05) is 37.1 Å². The largest absolute Gasteiger partial charge is 0.508 e. The highest BCUT2D eigenvalue weighted by Crippen LogP contribution is 2.57. The molecule has 2 aliphatic rings. The molecule has 136 valence electrons. The molecule has 0 atom stereocenters. The van der Waals surface area contributed by atoms with Gasteiger partial charge >= 0.3 is 0 Å². The third-order valence-electron chi connectivity index (χ3n) is 5.98. The van der Waals surface area contributed by atoms with Crippen molar-refractivity contribution in [2.75, 3.05) is 6.26 Å². The van der Waals surface area contributed by atoms with Gasteiger partial charge in [0.15, 0.2) is 9.84 Å². The van der Waals surface area contributed by atoms with Crippen LogP contribution in [0.3, 0.4) is 0 Å². The lowest BCUT2D eigenvalue weighted by molar-refractivity contribution is 0.330. The Hall–Kier alpha value is -2.07. The molecule has 1 spiro atoms. The minimum absolute atomic E-state index is 0.280. The number of aromatic hydroxyl groups is 1. The summed E-state index contributed by atoms with van der Waals surface area (Å²) in [4.78, 5) is 0.363. The van der Waals surface area contributed by atoms with Gasteiger partial charge in [-0.3, -0.25) is 0 Å². The van der Waals surface area contributed by atoms with E-state index in [0.29, 0.717) is 10.3 Å². The molecule has 3 nitrogen and oxygen atoms in total. The molecule has 0 saturated heterocycles. The van der Waals surface area contributed by atoms with E-state index in [0.717, 1.165) is 24.0 Å². The molecule has 26 heavy (non-hydrogen) atoms. The van der Waals surface area contributed by atoms with Crippen LogP contribution in [0.1, 0.15) is 49.7 Å². The van der Waals surface area contributed by atoms with Crippen molar-refractivity contribution in [1.82, 2.24) is 0 Å². The van der Waals surface area contributed by atoms with Gasteiger partial charge in [0.1, 0.15) is 5.75 Å². The zero-order chi connectivity index (χ0) is 18.4. The molecule has 1 fully saturated rings. The van der Waals surface area contributed by atoms with Crippen LogP contribution in [0.5, 0.6) is 5.75 Å². The molecule has 2 aromatic rings. The molecule has 2 aliphatic carbocycles. The van der Waals surface area contributed by atoms with E-state index in [-0.39, 0.29) is 5.75 Å². The summed E-state index contributed by atoms with van der Waals surface area (Å²) in [5, 5.41) is 9.62. The van der Waals surface area contributed by atoms with Crippen molar-refractivity contribution < 1.29 is 13.5 Å². The number of allylic oxidation sites excluding steroid dienone is 2. The maximum absolute atomic E-state index is 11.8. The SMILES string of the molecule is CS(=O)(=O)c1ccc(C2=C(c3ccc(O)cc3)CC3(CCCC3)C2)cc1. The Morgan fingerprint density at radius 3 is 1.73 bits per heavy atom. The van der Waals surface area contributed by atoms with Crippen LogP contribution in [0.2, 0.25) is 0 Å². The Labute approximate surface area is 155 Å². The first-order valence-corrected chi connectivity index (χ1v) is 11.1. The van der Waals surface area contributed by atoms with Gasteiger partial charge < -0.3 is 5.11 Å². The summed E-state index contributed by atoms with van der Waals surface area (Å²) in [7, 11) is -3.18. The van der Waals surface area contributed by atoms with Crippen molar-refractivity contribution in [3.05, 3.63) is 59.7 Å². The van der Waals surface area contributed by atoms with Crippen molar-refractivity contribution in [2.45, 2.75) is 43.4 Å². The molecule has 4 rings (SSSR count). The van der Waals surface area contributed by atoms with E-state index in [1.54, 1.807) is 24.3 Å². The molecule has 0 amide bonds. The lowest BCUT2D eigenvalue weighted by Gasteiger charge is -2.23. The third kappa shape index (κ3) is 3.18. The lowest BCUT2D eigenvalue weighted by atomic mass is 9.81. The fourth-order valence-corrected chi connectivity index (χ4v) is 5.25. The van der Waals surface area contributed by atoms with Gasteiger partial charge in [-0.25, -0.2) is 8.42 Å². The van der Waals surface area contributed by atoms with Gasteiger partial charge in [0.25, 0.3) is 0 Å². The average molecular weight is 368 g/mol. The van der Waals surface area contributed by atoms with Gasteiger partial charge in [-0.05, 0) is 77.6 Å². The van der Waals surface area contributed by atoms with Crippen molar-refractivity contribution >= 4 is 21.0 Å². The number of phenolic OH excluding ortho intramolecular Hbond substituents is 1. The van der Waals surface area contributed by atoms with Crippen LogP contribution in [0.25, 0.3) is 11.1 Å².